The summed E-state index contributed by atoms with van der Waals surface area (Å²) in [6.45, 7) is 3.67. The summed E-state index contributed by atoms with van der Waals surface area (Å²) in [4.78, 5) is 24.4. The highest BCUT2D eigenvalue weighted by Crippen LogP contribution is 2.33. The number of sulfone groups is 1. The zero-order valence-electron chi connectivity index (χ0n) is 14.8. The van der Waals surface area contributed by atoms with Gasteiger partial charge in [0.2, 0.25) is 0 Å². The van der Waals surface area contributed by atoms with Crippen molar-refractivity contribution in [3.8, 4) is 5.69 Å². The van der Waals surface area contributed by atoms with E-state index >= 15 is 0 Å². The Morgan fingerprint density at radius 2 is 2.04 bits per heavy atom. The zero-order chi connectivity index (χ0) is 19.8. The molecule has 2 aromatic rings. The second-order valence-electron chi connectivity index (χ2n) is 6.43. The third kappa shape index (κ3) is 4.14. The summed E-state index contributed by atoms with van der Waals surface area (Å²) < 4.78 is 25.3. The van der Waals surface area contributed by atoms with Crippen molar-refractivity contribution < 1.29 is 18.0 Å². The molecule has 0 radical (unpaired) electrons. The van der Waals surface area contributed by atoms with E-state index < -0.39 is 21.7 Å². The van der Waals surface area contributed by atoms with Gasteiger partial charge < -0.3 is 10.6 Å². The van der Waals surface area contributed by atoms with Crippen molar-refractivity contribution in [2.45, 2.75) is 37.8 Å². The molecule has 1 aliphatic rings. The number of rotatable bonds is 4. The maximum Gasteiger partial charge on any atom is 0.314 e. The number of hydrogen-bond donors (Lipinski definition) is 2. The molecule has 0 saturated heterocycles. The molecule has 0 aliphatic carbocycles. The van der Waals surface area contributed by atoms with Crippen LogP contribution in [0.1, 0.15) is 31.5 Å². The lowest BCUT2D eigenvalue weighted by molar-refractivity contribution is -0.136. The van der Waals surface area contributed by atoms with Crippen molar-refractivity contribution in [3.63, 3.8) is 0 Å². The highest BCUT2D eigenvalue weighted by Gasteiger charge is 2.34. The molecule has 1 unspecified atom stereocenters. The average Bonchev–Trinajstić information content (AvgIpc) is 3.07. The van der Waals surface area contributed by atoms with Crippen LogP contribution in [0.3, 0.4) is 0 Å². The quantitative estimate of drug-likeness (QED) is 0.747. The Kier molecular flexibility index (Phi) is 5.25. The molecule has 3 rings (SSSR count). The smallest absolute Gasteiger partial charge is 0.314 e. The van der Waals surface area contributed by atoms with Crippen LogP contribution in [0.5, 0.6) is 0 Å². The van der Waals surface area contributed by atoms with Gasteiger partial charge in [0.05, 0.1) is 22.9 Å². The lowest BCUT2D eigenvalue weighted by Gasteiger charge is -2.13. The average molecular weight is 411 g/mol. The van der Waals surface area contributed by atoms with Crippen molar-refractivity contribution in [2.75, 3.05) is 5.32 Å². The van der Waals surface area contributed by atoms with Gasteiger partial charge in [-0.3, -0.25) is 9.59 Å². The molecule has 0 fully saturated rings. The van der Waals surface area contributed by atoms with E-state index in [1.165, 1.54) is 4.68 Å². The maximum absolute atomic E-state index is 12.3. The summed E-state index contributed by atoms with van der Waals surface area (Å²) in [6, 6.07) is 6.59. The largest absolute Gasteiger partial charge is 0.345 e. The fourth-order valence-electron chi connectivity index (χ4n) is 2.72. The van der Waals surface area contributed by atoms with Crippen LogP contribution in [0.4, 0.5) is 5.82 Å². The Labute approximate surface area is 161 Å². The van der Waals surface area contributed by atoms with Gasteiger partial charge in [-0.05, 0) is 31.5 Å². The minimum atomic E-state index is -3.32. The minimum Gasteiger partial charge on any atom is -0.345 e. The molecular weight excluding hydrogens is 392 g/mol. The predicted octanol–water partition coefficient (Wildman–Crippen LogP) is 1.81. The first-order valence-electron chi connectivity index (χ1n) is 8.39. The Morgan fingerprint density at radius 3 is 2.70 bits per heavy atom. The van der Waals surface area contributed by atoms with Gasteiger partial charge in [0, 0.05) is 16.6 Å². The molecule has 27 heavy (non-hydrogen) atoms. The summed E-state index contributed by atoms with van der Waals surface area (Å²) in [5.74, 6) is -1.97. The van der Waals surface area contributed by atoms with E-state index in [9.17, 15) is 18.0 Å². The Morgan fingerprint density at radius 1 is 1.30 bits per heavy atom. The van der Waals surface area contributed by atoms with Gasteiger partial charge in [-0.15, -0.1) is 0 Å². The molecule has 10 heteroatoms. The third-order valence-electron chi connectivity index (χ3n) is 4.27. The van der Waals surface area contributed by atoms with Crippen LogP contribution >= 0.6 is 11.6 Å². The van der Waals surface area contributed by atoms with Crippen molar-refractivity contribution in [1.82, 2.24) is 15.1 Å². The van der Waals surface area contributed by atoms with Gasteiger partial charge in [-0.2, -0.15) is 5.10 Å². The minimum absolute atomic E-state index is 0.160. The number of fused-ring (bicyclic) bond motifs is 1. The van der Waals surface area contributed by atoms with Crippen LogP contribution in [0.2, 0.25) is 5.02 Å². The first-order chi connectivity index (χ1) is 12.7. The van der Waals surface area contributed by atoms with Crippen LogP contribution in [0.25, 0.3) is 5.69 Å². The number of aromatic nitrogens is 2. The molecule has 2 N–H and O–H groups in total. The topological polar surface area (TPSA) is 110 Å². The van der Waals surface area contributed by atoms with E-state index in [1.54, 1.807) is 31.2 Å². The number of nitrogens with one attached hydrogen (secondary N) is 2. The van der Waals surface area contributed by atoms with Crippen LogP contribution < -0.4 is 10.6 Å². The molecule has 1 aromatic carbocycles. The van der Waals surface area contributed by atoms with E-state index in [4.69, 9.17) is 11.6 Å². The van der Waals surface area contributed by atoms with E-state index in [-0.39, 0.29) is 23.4 Å². The second-order valence-corrected chi connectivity index (χ2v) is 8.94. The van der Waals surface area contributed by atoms with Gasteiger partial charge in [0.15, 0.2) is 9.84 Å². The Hall–Kier alpha value is -2.39. The zero-order valence-corrected chi connectivity index (χ0v) is 16.4. The summed E-state index contributed by atoms with van der Waals surface area (Å²) in [5.41, 5.74) is 1.29. The molecule has 0 spiro atoms. The van der Waals surface area contributed by atoms with Gasteiger partial charge >= 0.3 is 11.8 Å². The lowest BCUT2D eigenvalue weighted by atomic mass is 10.2. The second kappa shape index (κ2) is 7.32. The normalized spacial score (nSPS) is 15.8. The number of hydrogen-bond acceptors (Lipinski definition) is 5. The molecule has 144 valence electrons. The Bertz CT molecular complexity index is 1020. The first kappa shape index (κ1) is 19.4. The van der Waals surface area contributed by atoms with E-state index in [2.05, 4.69) is 15.7 Å². The van der Waals surface area contributed by atoms with Crippen LogP contribution in [-0.4, -0.2) is 36.1 Å². The van der Waals surface area contributed by atoms with Gasteiger partial charge in [0.25, 0.3) is 0 Å². The SMILES string of the molecule is CCC(C)NC(=O)C(=O)Nc1c2c(nn1-c1cccc(Cl)c1)CS(=O)(=O)C2. The molecule has 2 heterocycles. The van der Waals surface area contributed by atoms with Gasteiger partial charge in [-0.1, -0.05) is 24.6 Å². The van der Waals surface area contributed by atoms with Gasteiger partial charge in [-0.25, -0.2) is 13.1 Å². The van der Waals surface area contributed by atoms with Crippen LogP contribution in [0.15, 0.2) is 24.3 Å². The molecule has 0 bridgehead atoms. The molecule has 2 amide bonds. The predicted molar refractivity (Wildman–Crippen MR) is 101 cm³/mol. The van der Waals surface area contributed by atoms with Crippen molar-refractivity contribution in [1.29, 1.82) is 0 Å². The summed E-state index contributed by atoms with van der Waals surface area (Å²) in [6.07, 6.45) is 0.674. The summed E-state index contributed by atoms with van der Waals surface area (Å²) in [7, 11) is -3.32. The number of nitrogens with zero attached hydrogens (tertiary/aromatic N) is 2. The highest BCUT2D eigenvalue weighted by molar-refractivity contribution is 7.90. The summed E-state index contributed by atoms with van der Waals surface area (Å²) >= 11 is 6.03. The number of carbonyl (C=O) groups excluding carboxylic acids is 2. The molecule has 1 atom stereocenters. The maximum atomic E-state index is 12.3. The third-order valence-corrected chi connectivity index (χ3v) is 5.95. The molecule has 0 saturated carbocycles. The summed E-state index contributed by atoms with van der Waals surface area (Å²) in [5, 5.41) is 9.87. The Balaban J connectivity index is 1.98. The molecule has 1 aromatic heterocycles. The van der Waals surface area contributed by atoms with Crippen LogP contribution in [-0.2, 0) is 30.9 Å². The molecule has 8 nitrogen and oxygen atoms in total. The van der Waals surface area contributed by atoms with Crippen molar-refractivity contribution >= 4 is 39.1 Å². The van der Waals surface area contributed by atoms with E-state index in [0.29, 0.717) is 28.4 Å². The lowest BCUT2D eigenvalue weighted by Crippen LogP contribution is -2.40. The van der Waals surface area contributed by atoms with E-state index in [1.807, 2.05) is 6.92 Å². The molecule has 1 aliphatic heterocycles. The number of amides is 2. The first-order valence-corrected chi connectivity index (χ1v) is 10.6. The van der Waals surface area contributed by atoms with Gasteiger partial charge in [0.1, 0.15) is 5.82 Å². The van der Waals surface area contributed by atoms with Crippen LogP contribution in [0, 0.1) is 0 Å². The molecular formula is C17H19ClN4O4S. The number of benzene rings is 1. The highest BCUT2D eigenvalue weighted by atomic mass is 35.5. The monoisotopic (exact) mass is 410 g/mol. The fraction of sp³-hybridized carbons (Fsp3) is 0.353. The number of anilines is 1. The number of halogens is 1. The fourth-order valence-corrected chi connectivity index (χ4v) is 4.40. The standard InChI is InChI=1S/C17H19ClN4O4S/c1-3-10(2)19-16(23)17(24)20-15-13-8-27(25,26)9-14(13)21-22(15)12-6-4-5-11(18)7-12/h4-7,10H,3,8-9H2,1-2H3,(H,19,23)(H,20,24). The van der Waals surface area contributed by atoms with Crippen molar-refractivity contribution in [3.05, 3.63) is 40.5 Å². The van der Waals surface area contributed by atoms with E-state index in [0.717, 1.165) is 0 Å². The number of carbonyl (C=O) groups is 2. The van der Waals surface area contributed by atoms with Crippen molar-refractivity contribution in [2.24, 2.45) is 0 Å².